The van der Waals surface area contributed by atoms with Gasteiger partial charge >= 0.3 is 25.7 Å². The predicted molar refractivity (Wildman–Crippen MR) is 316 cm³/mol. The van der Waals surface area contributed by atoms with E-state index in [2.05, 4.69) is 81.5 Å². The van der Waals surface area contributed by atoms with Crippen molar-refractivity contribution in [2.75, 3.05) is 26.4 Å². The third-order valence-electron chi connectivity index (χ3n) is 13.4. The second-order valence-electron chi connectivity index (χ2n) is 20.9. The van der Waals surface area contributed by atoms with E-state index in [4.69, 9.17) is 23.3 Å². The number of ether oxygens (including phenoxy) is 3. The zero-order chi connectivity index (χ0) is 55.5. The topological polar surface area (TPSA) is 155 Å². The van der Waals surface area contributed by atoms with Crippen LogP contribution in [0.3, 0.4) is 0 Å². The SMILES string of the molecule is CCCC/C=C\CCCCCCCC(=O)OC(CO)COP(=O)(O)OCC(COC(=O)CCCCCCCCCCC/C=C\CCCCCCCC)OC(=O)CCCCCCCC/C=C\C/C=C\C/C=C\CCCCC. The predicted octanol–water partition coefficient (Wildman–Crippen LogP) is 18.7. The van der Waals surface area contributed by atoms with E-state index < -0.39 is 57.8 Å². The number of esters is 3. The van der Waals surface area contributed by atoms with E-state index in [1.807, 2.05) is 0 Å². The molecule has 3 unspecified atom stereocenters. The fourth-order valence-electron chi connectivity index (χ4n) is 8.58. The molecule has 0 aliphatic carbocycles. The summed E-state index contributed by atoms with van der Waals surface area (Å²) < 4.78 is 39.6. The molecule has 2 N–H and O–H groups in total. The molecule has 0 aromatic carbocycles. The number of hydrogen-bond donors (Lipinski definition) is 2. The number of aliphatic hydroxyl groups excluding tert-OH is 1. The Balaban J connectivity index is 4.72. The van der Waals surface area contributed by atoms with E-state index in [-0.39, 0.29) is 25.9 Å². The number of hydrogen-bond acceptors (Lipinski definition) is 10. The van der Waals surface area contributed by atoms with Gasteiger partial charge in [0.25, 0.3) is 0 Å². The molecule has 0 aromatic heterocycles. The summed E-state index contributed by atoms with van der Waals surface area (Å²) in [4.78, 5) is 48.6. The third kappa shape index (κ3) is 55.9. The van der Waals surface area contributed by atoms with Crippen molar-refractivity contribution in [2.45, 2.75) is 303 Å². The summed E-state index contributed by atoms with van der Waals surface area (Å²) in [5.41, 5.74) is 0. The van der Waals surface area contributed by atoms with Crippen molar-refractivity contribution >= 4 is 25.7 Å². The monoisotopic (exact) mass is 1090 g/mol. The summed E-state index contributed by atoms with van der Waals surface area (Å²) in [5, 5.41) is 9.81. The van der Waals surface area contributed by atoms with Gasteiger partial charge in [0.15, 0.2) is 6.10 Å². The normalized spacial score (nSPS) is 13.7. The molecule has 0 aliphatic rings. The largest absolute Gasteiger partial charge is 0.472 e. The minimum atomic E-state index is -4.75. The molecule has 0 aliphatic heterocycles. The van der Waals surface area contributed by atoms with Gasteiger partial charge in [-0.1, -0.05) is 229 Å². The molecule has 11 nitrogen and oxygen atoms in total. The van der Waals surface area contributed by atoms with E-state index in [0.717, 1.165) is 109 Å². The van der Waals surface area contributed by atoms with E-state index in [9.17, 15) is 28.9 Å². The Morgan fingerprint density at radius 1 is 0.368 bits per heavy atom. The summed E-state index contributed by atoms with van der Waals surface area (Å²) in [6.45, 7) is 4.58. The summed E-state index contributed by atoms with van der Waals surface area (Å²) in [6.07, 6.45) is 64.6. The van der Waals surface area contributed by atoms with Crippen molar-refractivity contribution in [3.63, 3.8) is 0 Å². The molecule has 0 heterocycles. The molecule has 0 rings (SSSR count). The highest BCUT2D eigenvalue weighted by Crippen LogP contribution is 2.43. The first-order chi connectivity index (χ1) is 37.2. The minimum absolute atomic E-state index is 0.152. The third-order valence-corrected chi connectivity index (χ3v) is 14.3. The van der Waals surface area contributed by atoms with Crippen LogP contribution in [0.5, 0.6) is 0 Å². The number of allylic oxidation sites excluding steroid dienone is 10. The molecule has 0 bridgehead atoms. The van der Waals surface area contributed by atoms with Crippen molar-refractivity contribution in [3.05, 3.63) is 60.8 Å². The average Bonchev–Trinajstić information content (AvgIpc) is 3.41. The molecule has 442 valence electrons. The van der Waals surface area contributed by atoms with E-state index in [1.54, 1.807) is 0 Å². The van der Waals surface area contributed by atoms with Crippen LogP contribution < -0.4 is 0 Å². The summed E-state index contributed by atoms with van der Waals surface area (Å²) >= 11 is 0. The molecule has 0 saturated carbocycles. The van der Waals surface area contributed by atoms with Gasteiger partial charge in [0.05, 0.1) is 19.8 Å². The molecule has 0 saturated heterocycles. The first kappa shape index (κ1) is 73.2. The summed E-state index contributed by atoms with van der Waals surface area (Å²) in [6, 6.07) is 0. The molecular weight excluding hydrogens is 976 g/mol. The lowest BCUT2D eigenvalue weighted by Crippen LogP contribution is -2.30. The summed E-state index contributed by atoms with van der Waals surface area (Å²) in [5.74, 6) is -1.48. The number of carbonyl (C=O) groups is 3. The fourth-order valence-corrected chi connectivity index (χ4v) is 9.36. The van der Waals surface area contributed by atoms with Crippen molar-refractivity contribution in [2.24, 2.45) is 0 Å². The molecule has 0 spiro atoms. The first-order valence-corrected chi connectivity index (χ1v) is 32.7. The highest BCUT2D eigenvalue weighted by atomic mass is 31.2. The zero-order valence-electron chi connectivity index (χ0n) is 49.0. The fraction of sp³-hybridized carbons (Fsp3) is 0.797. The van der Waals surface area contributed by atoms with Crippen LogP contribution >= 0.6 is 7.82 Å². The lowest BCUT2D eigenvalue weighted by Gasteiger charge is -2.21. The molecular formula is C64H115O11P. The summed E-state index contributed by atoms with van der Waals surface area (Å²) in [7, 11) is -4.75. The van der Waals surface area contributed by atoms with Gasteiger partial charge in [-0.2, -0.15) is 0 Å². The highest BCUT2D eigenvalue weighted by molar-refractivity contribution is 7.47. The van der Waals surface area contributed by atoms with Gasteiger partial charge in [-0.05, 0) is 103 Å². The molecule has 0 amide bonds. The zero-order valence-corrected chi connectivity index (χ0v) is 49.9. The second-order valence-corrected chi connectivity index (χ2v) is 22.3. The van der Waals surface area contributed by atoms with E-state index in [1.165, 1.54) is 122 Å². The van der Waals surface area contributed by atoms with E-state index >= 15 is 0 Å². The molecule has 0 fully saturated rings. The molecule has 0 aromatic rings. The first-order valence-electron chi connectivity index (χ1n) is 31.2. The van der Waals surface area contributed by atoms with Gasteiger partial charge in [-0.25, -0.2) is 4.57 Å². The van der Waals surface area contributed by atoms with Crippen LogP contribution in [0.1, 0.15) is 290 Å². The maximum Gasteiger partial charge on any atom is 0.472 e. The number of phosphoric acid groups is 1. The Bertz CT molecular complexity index is 1510. The number of unbranched alkanes of at least 4 members (excludes halogenated alkanes) is 31. The van der Waals surface area contributed by atoms with Crippen LogP contribution in [-0.4, -0.2) is 66.5 Å². The number of carbonyl (C=O) groups excluding carboxylic acids is 3. The standard InChI is InChI=1S/C64H115O11P/c1-4-7-10-13-16-19-22-24-26-28-30-32-34-36-39-41-44-47-50-53-62(66)71-57-61(75-64(68)55-52-49-46-43-40-37-35-33-31-29-27-25-23-20-17-14-11-8-5-2)59-73-76(69,70)72-58-60(56-65)74-63(67)54-51-48-45-42-38-21-18-15-12-9-6-3/h15,17-18,20,24-27,31,33,60-61,65H,4-14,16,19,21-23,28-30,32,34-59H2,1-3H3,(H,69,70)/b18-15-,20-17-,26-24-,27-25-,33-31-. The lowest BCUT2D eigenvalue weighted by atomic mass is 10.1. The van der Waals surface area contributed by atoms with Crippen LogP contribution in [0, 0.1) is 0 Å². The Morgan fingerprint density at radius 3 is 1.07 bits per heavy atom. The van der Waals surface area contributed by atoms with Gasteiger partial charge < -0.3 is 24.2 Å². The minimum Gasteiger partial charge on any atom is -0.462 e. The van der Waals surface area contributed by atoms with Gasteiger partial charge in [0, 0.05) is 19.3 Å². The number of rotatable bonds is 58. The van der Waals surface area contributed by atoms with Crippen molar-refractivity contribution in [3.8, 4) is 0 Å². The quantitative estimate of drug-likeness (QED) is 0.0197. The average molecular weight is 1090 g/mol. The van der Waals surface area contributed by atoms with Gasteiger partial charge in [-0.15, -0.1) is 0 Å². The molecule has 0 radical (unpaired) electrons. The molecule has 3 atom stereocenters. The van der Waals surface area contributed by atoms with Crippen LogP contribution in [0.25, 0.3) is 0 Å². The number of phosphoric ester groups is 1. The van der Waals surface area contributed by atoms with Crippen LogP contribution in [0.15, 0.2) is 60.8 Å². The smallest absolute Gasteiger partial charge is 0.462 e. The van der Waals surface area contributed by atoms with Gasteiger partial charge in [0.2, 0.25) is 0 Å². The van der Waals surface area contributed by atoms with Crippen LogP contribution in [0.4, 0.5) is 0 Å². The molecule has 76 heavy (non-hydrogen) atoms. The Kier molecular flexibility index (Phi) is 56.2. The van der Waals surface area contributed by atoms with Crippen molar-refractivity contribution < 1.29 is 52.2 Å². The highest BCUT2D eigenvalue weighted by Gasteiger charge is 2.28. The van der Waals surface area contributed by atoms with Gasteiger partial charge in [0.1, 0.15) is 12.7 Å². The van der Waals surface area contributed by atoms with Crippen molar-refractivity contribution in [1.29, 1.82) is 0 Å². The maximum atomic E-state index is 12.9. The second kappa shape index (κ2) is 58.3. The Morgan fingerprint density at radius 2 is 0.658 bits per heavy atom. The Hall–Kier alpha value is -2.82. The lowest BCUT2D eigenvalue weighted by molar-refractivity contribution is -0.161. The maximum absolute atomic E-state index is 12.9. The molecule has 12 heteroatoms. The van der Waals surface area contributed by atoms with Crippen LogP contribution in [-0.2, 0) is 42.2 Å². The van der Waals surface area contributed by atoms with Crippen LogP contribution in [0.2, 0.25) is 0 Å². The van der Waals surface area contributed by atoms with E-state index in [0.29, 0.717) is 19.3 Å². The Labute approximate surface area is 465 Å². The number of aliphatic hydroxyl groups is 1. The van der Waals surface area contributed by atoms with Gasteiger partial charge in [-0.3, -0.25) is 23.4 Å². The van der Waals surface area contributed by atoms with Crippen molar-refractivity contribution in [1.82, 2.24) is 0 Å².